The maximum atomic E-state index is 10.6. The highest BCUT2D eigenvalue weighted by molar-refractivity contribution is 9.10. The van der Waals surface area contributed by atoms with Crippen LogP contribution in [0.2, 0.25) is 0 Å². The molecule has 1 aromatic carbocycles. The summed E-state index contributed by atoms with van der Waals surface area (Å²) in [5.74, 6) is -0.240. The Balaban J connectivity index is 2.47. The van der Waals surface area contributed by atoms with Gasteiger partial charge in [-0.05, 0) is 24.3 Å². The van der Waals surface area contributed by atoms with Crippen LogP contribution < -0.4 is 5.82 Å². The quantitative estimate of drug-likeness (QED) is 0.770. The Morgan fingerprint density at radius 1 is 1.15 bits per heavy atom. The van der Waals surface area contributed by atoms with E-state index in [0.29, 0.717) is 5.76 Å². The van der Waals surface area contributed by atoms with E-state index < -0.39 is 5.82 Å². The molecule has 0 amide bonds. The fourth-order valence-electron chi connectivity index (χ4n) is 0.981. The molecule has 13 heavy (non-hydrogen) atoms. The second kappa shape index (κ2) is 3.22. The number of rotatable bonds is 1. The van der Waals surface area contributed by atoms with Gasteiger partial charge in [0.1, 0.15) is 6.26 Å². The third-order valence-corrected chi connectivity index (χ3v) is 2.11. The van der Waals surface area contributed by atoms with Crippen molar-refractivity contribution >= 4 is 15.9 Å². The molecule has 0 fully saturated rings. The summed E-state index contributed by atoms with van der Waals surface area (Å²) in [6.07, 6.45) is 1.30. The summed E-state index contributed by atoms with van der Waals surface area (Å²) in [5.41, 5.74) is 0.814. The highest BCUT2D eigenvalue weighted by Gasteiger charge is 2.03. The Hall–Kier alpha value is -1.29. The van der Waals surface area contributed by atoms with Gasteiger partial charge in [-0.25, -0.2) is 4.79 Å². The first kappa shape index (κ1) is 8.31. The molecule has 2 rings (SSSR count). The molecule has 0 bridgehead atoms. The molecule has 4 heteroatoms. The van der Waals surface area contributed by atoms with E-state index in [9.17, 15) is 4.79 Å². The van der Waals surface area contributed by atoms with Crippen molar-refractivity contribution in [3.05, 3.63) is 45.6 Å². The van der Waals surface area contributed by atoms with Crippen molar-refractivity contribution in [1.29, 1.82) is 0 Å². The average molecular weight is 241 g/mol. The maximum Gasteiger partial charge on any atom is 0.519 e. The summed E-state index contributed by atoms with van der Waals surface area (Å²) in [4.78, 5) is 10.6. The standard InChI is InChI=1S/C9H5BrO3/c10-7-3-1-6(2-4-7)8-5-12-9(11)13-8/h1-5H. The van der Waals surface area contributed by atoms with Gasteiger partial charge in [-0.2, -0.15) is 0 Å². The van der Waals surface area contributed by atoms with Crippen LogP contribution in [0.3, 0.4) is 0 Å². The van der Waals surface area contributed by atoms with E-state index in [0.717, 1.165) is 10.0 Å². The minimum atomic E-state index is -0.682. The molecule has 0 unspecified atom stereocenters. The van der Waals surface area contributed by atoms with Crippen LogP contribution in [0, 0.1) is 0 Å². The number of hydrogen-bond acceptors (Lipinski definition) is 3. The number of hydrogen-bond donors (Lipinski definition) is 0. The number of benzene rings is 1. The first-order chi connectivity index (χ1) is 6.25. The predicted molar refractivity (Wildman–Crippen MR) is 50.4 cm³/mol. The highest BCUT2D eigenvalue weighted by Crippen LogP contribution is 2.20. The van der Waals surface area contributed by atoms with Crippen molar-refractivity contribution in [2.45, 2.75) is 0 Å². The van der Waals surface area contributed by atoms with Crippen molar-refractivity contribution in [1.82, 2.24) is 0 Å². The normalized spacial score (nSPS) is 10.2. The van der Waals surface area contributed by atoms with Gasteiger partial charge >= 0.3 is 5.82 Å². The molecule has 0 saturated carbocycles. The largest absolute Gasteiger partial charge is 0.519 e. The molecular formula is C9H5BrO3. The van der Waals surface area contributed by atoms with Crippen molar-refractivity contribution in [2.75, 3.05) is 0 Å². The molecule has 0 spiro atoms. The molecule has 1 aromatic heterocycles. The van der Waals surface area contributed by atoms with Crippen molar-refractivity contribution in [2.24, 2.45) is 0 Å². The summed E-state index contributed by atoms with van der Waals surface area (Å²) in [7, 11) is 0. The van der Waals surface area contributed by atoms with E-state index in [1.54, 1.807) is 0 Å². The predicted octanol–water partition coefficient (Wildman–Crippen LogP) is 2.66. The zero-order chi connectivity index (χ0) is 9.26. The van der Waals surface area contributed by atoms with Crippen molar-refractivity contribution in [3.8, 4) is 11.3 Å². The fourth-order valence-corrected chi connectivity index (χ4v) is 1.24. The Morgan fingerprint density at radius 2 is 1.85 bits per heavy atom. The molecular weight excluding hydrogens is 236 g/mol. The van der Waals surface area contributed by atoms with Gasteiger partial charge in [0.05, 0.1) is 0 Å². The van der Waals surface area contributed by atoms with E-state index in [4.69, 9.17) is 4.42 Å². The van der Waals surface area contributed by atoms with E-state index in [-0.39, 0.29) is 0 Å². The summed E-state index contributed by atoms with van der Waals surface area (Å²) in [5, 5.41) is 0. The average Bonchev–Trinajstić information content (AvgIpc) is 2.53. The Labute approximate surface area is 82.1 Å². The number of halogens is 1. The lowest BCUT2D eigenvalue weighted by Gasteiger charge is -1.93. The van der Waals surface area contributed by atoms with Gasteiger partial charge in [-0.3, -0.25) is 0 Å². The fraction of sp³-hybridized carbons (Fsp3) is 0. The summed E-state index contributed by atoms with van der Waals surface area (Å²) >= 11 is 3.31. The molecule has 66 valence electrons. The van der Waals surface area contributed by atoms with Gasteiger partial charge < -0.3 is 8.83 Å². The first-order valence-electron chi connectivity index (χ1n) is 3.60. The maximum absolute atomic E-state index is 10.6. The molecule has 0 N–H and O–H groups in total. The molecule has 1 heterocycles. The van der Waals surface area contributed by atoms with Gasteiger partial charge in [0.25, 0.3) is 0 Å². The SMILES string of the molecule is O=c1occ(-c2ccc(Br)cc2)o1. The first-order valence-corrected chi connectivity index (χ1v) is 4.39. The zero-order valence-corrected chi connectivity index (χ0v) is 8.08. The second-order valence-corrected chi connectivity index (χ2v) is 3.37. The smallest absolute Gasteiger partial charge is 0.399 e. The second-order valence-electron chi connectivity index (χ2n) is 2.46. The lowest BCUT2D eigenvalue weighted by molar-refractivity contribution is 0.389. The van der Waals surface area contributed by atoms with Crippen LogP contribution in [0.15, 0.2) is 48.6 Å². The van der Waals surface area contributed by atoms with Gasteiger partial charge in [-0.15, -0.1) is 0 Å². The van der Waals surface area contributed by atoms with Crippen LogP contribution in [0.25, 0.3) is 11.3 Å². The van der Waals surface area contributed by atoms with Crippen LogP contribution in [-0.4, -0.2) is 0 Å². The van der Waals surface area contributed by atoms with Gasteiger partial charge in [0.15, 0.2) is 5.76 Å². The molecule has 0 aliphatic rings. The molecule has 0 atom stereocenters. The van der Waals surface area contributed by atoms with Gasteiger partial charge in [0.2, 0.25) is 0 Å². The van der Waals surface area contributed by atoms with E-state index >= 15 is 0 Å². The van der Waals surface area contributed by atoms with E-state index in [2.05, 4.69) is 20.3 Å². The van der Waals surface area contributed by atoms with Crippen LogP contribution in [0.5, 0.6) is 0 Å². The van der Waals surface area contributed by atoms with Gasteiger partial charge in [0, 0.05) is 10.0 Å². The van der Waals surface area contributed by atoms with Crippen molar-refractivity contribution < 1.29 is 8.83 Å². The van der Waals surface area contributed by atoms with E-state index in [1.807, 2.05) is 24.3 Å². The zero-order valence-electron chi connectivity index (χ0n) is 6.49. The molecule has 0 radical (unpaired) electrons. The minimum Gasteiger partial charge on any atom is -0.399 e. The third kappa shape index (κ3) is 1.72. The Morgan fingerprint density at radius 3 is 2.38 bits per heavy atom. The van der Waals surface area contributed by atoms with Crippen LogP contribution in [0.1, 0.15) is 0 Å². The van der Waals surface area contributed by atoms with Crippen LogP contribution in [0.4, 0.5) is 0 Å². The monoisotopic (exact) mass is 240 g/mol. The molecule has 0 aliphatic carbocycles. The summed E-state index contributed by atoms with van der Waals surface area (Å²) in [6, 6.07) is 7.39. The Bertz CT molecular complexity index is 452. The third-order valence-electron chi connectivity index (χ3n) is 1.58. The van der Waals surface area contributed by atoms with Crippen molar-refractivity contribution in [3.63, 3.8) is 0 Å². The van der Waals surface area contributed by atoms with Crippen LogP contribution in [-0.2, 0) is 0 Å². The topological polar surface area (TPSA) is 43.4 Å². The lowest BCUT2D eigenvalue weighted by Crippen LogP contribution is -1.85. The molecule has 0 saturated heterocycles. The highest BCUT2D eigenvalue weighted by atomic mass is 79.9. The summed E-state index contributed by atoms with van der Waals surface area (Å²) < 4.78 is 10.3. The van der Waals surface area contributed by atoms with Gasteiger partial charge in [-0.1, -0.05) is 15.9 Å². The lowest BCUT2D eigenvalue weighted by atomic mass is 10.2. The minimum absolute atomic E-state index is 0.442. The molecule has 3 nitrogen and oxygen atoms in total. The summed E-state index contributed by atoms with van der Waals surface area (Å²) in [6.45, 7) is 0. The molecule has 2 aromatic rings. The van der Waals surface area contributed by atoms with Crippen LogP contribution >= 0.6 is 15.9 Å². The Kier molecular flexibility index (Phi) is 2.06. The van der Waals surface area contributed by atoms with E-state index in [1.165, 1.54) is 6.26 Å². The molecule has 0 aliphatic heterocycles.